The van der Waals surface area contributed by atoms with Crippen molar-refractivity contribution in [3.8, 4) is 11.5 Å². The van der Waals surface area contributed by atoms with E-state index in [0.717, 1.165) is 22.6 Å². The first kappa shape index (κ1) is 24.9. The van der Waals surface area contributed by atoms with Crippen LogP contribution in [0.4, 0.5) is 0 Å². The van der Waals surface area contributed by atoms with Crippen molar-refractivity contribution < 1.29 is 13.9 Å². The Bertz CT molecular complexity index is 1440. The molecule has 0 saturated carbocycles. The topological polar surface area (TPSA) is 80.5 Å². The van der Waals surface area contributed by atoms with Gasteiger partial charge in [-0.2, -0.15) is 0 Å². The predicted octanol–water partition coefficient (Wildman–Crippen LogP) is 5.99. The van der Waals surface area contributed by atoms with Gasteiger partial charge in [-0.15, -0.1) is 0 Å². The van der Waals surface area contributed by atoms with E-state index in [0.29, 0.717) is 32.1 Å². The Balaban J connectivity index is 1.27. The molecule has 0 radical (unpaired) electrons. The molecule has 0 aliphatic heterocycles. The maximum absolute atomic E-state index is 12.6. The first-order valence-corrected chi connectivity index (χ1v) is 12.4. The minimum atomic E-state index is -0.288. The number of pyridine rings is 1. The van der Waals surface area contributed by atoms with E-state index in [9.17, 15) is 4.79 Å². The smallest absolute Gasteiger partial charge is 0.273 e. The van der Waals surface area contributed by atoms with E-state index in [1.165, 1.54) is 11.8 Å². The van der Waals surface area contributed by atoms with E-state index in [1.54, 1.807) is 12.4 Å². The Morgan fingerprint density at radius 2 is 1.50 bits per heavy atom. The average Bonchev–Trinajstić information content (AvgIpc) is 3.42. The number of hydrogen-bond donors (Lipinski definition) is 1. The normalized spacial score (nSPS) is 10.9. The first-order chi connectivity index (χ1) is 18.7. The molecule has 5 rings (SSSR count). The Morgan fingerprint density at radius 1 is 0.789 bits per heavy atom. The van der Waals surface area contributed by atoms with Crippen molar-refractivity contribution in [1.29, 1.82) is 0 Å². The lowest BCUT2D eigenvalue weighted by Gasteiger charge is -2.21. The number of hydrogen-bond acceptors (Lipinski definition) is 6. The second-order valence-corrected chi connectivity index (χ2v) is 8.86. The van der Waals surface area contributed by atoms with Crippen molar-refractivity contribution in [2.75, 3.05) is 0 Å². The largest absolute Gasteiger partial charge is 0.457 e. The zero-order valence-corrected chi connectivity index (χ0v) is 20.9. The number of amides is 1. The van der Waals surface area contributed by atoms with Gasteiger partial charge >= 0.3 is 0 Å². The highest BCUT2D eigenvalue weighted by atomic mass is 16.5. The number of ether oxygens (including phenoxy) is 1. The van der Waals surface area contributed by atoms with Crippen LogP contribution in [0.15, 0.2) is 120 Å². The number of carbonyl (C=O) groups excluding carboxylic acids is 1. The molecule has 0 unspecified atom stereocenters. The number of rotatable bonds is 11. The van der Waals surface area contributed by atoms with Crippen molar-refractivity contribution >= 4 is 5.91 Å². The van der Waals surface area contributed by atoms with Crippen LogP contribution in [-0.4, -0.2) is 20.8 Å². The summed E-state index contributed by atoms with van der Waals surface area (Å²) in [6.07, 6.45) is 4.82. The molecule has 0 spiro atoms. The Kier molecular flexibility index (Phi) is 8.18. The lowest BCUT2D eigenvalue weighted by Crippen LogP contribution is -2.24. The molecule has 7 heteroatoms. The number of carbonyl (C=O) groups is 1. The molecule has 2 aromatic heterocycles. The maximum Gasteiger partial charge on any atom is 0.273 e. The molecule has 3 aromatic carbocycles. The fourth-order valence-electron chi connectivity index (χ4n) is 4.05. The molecule has 190 valence electrons. The monoisotopic (exact) mass is 504 g/mol. The number of oxazole rings is 1. The van der Waals surface area contributed by atoms with Crippen LogP contribution in [-0.2, 0) is 26.2 Å². The van der Waals surface area contributed by atoms with Gasteiger partial charge < -0.3 is 14.5 Å². The second kappa shape index (κ2) is 12.5. The van der Waals surface area contributed by atoms with Gasteiger partial charge in [0.15, 0.2) is 5.69 Å². The van der Waals surface area contributed by atoms with Crippen molar-refractivity contribution in [3.05, 3.63) is 144 Å². The maximum atomic E-state index is 12.6. The van der Waals surface area contributed by atoms with Crippen LogP contribution in [0.2, 0.25) is 0 Å². The third kappa shape index (κ3) is 7.15. The molecule has 0 aliphatic rings. The van der Waals surface area contributed by atoms with Crippen LogP contribution in [0.25, 0.3) is 0 Å². The summed E-state index contributed by atoms with van der Waals surface area (Å²) in [7, 11) is 0. The van der Waals surface area contributed by atoms with Crippen LogP contribution < -0.4 is 10.1 Å². The van der Waals surface area contributed by atoms with Crippen LogP contribution in [0.5, 0.6) is 11.5 Å². The summed E-state index contributed by atoms with van der Waals surface area (Å²) >= 11 is 0. The zero-order valence-electron chi connectivity index (χ0n) is 20.9. The summed E-state index contributed by atoms with van der Waals surface area (Å²) in [5, 5.41) is 2.86. The zero-order chi connectivity index (χ0) is 26.0. The standard InChI is InChI=1S/C31H28N4O3/c36-31(33-19-26-12-8-16-32-18-26)29-23-37-30(34-29)22-35(20-24-9-3-1-4-10-24)21-25-11-7-15-28(17-25)38-27-13-5-2-6-14-27/h1-18,23H,19-22H2,(H,33,36). The fourth-order valence-corrected chi connectivity index (χ4v) is 4.05. The van der Waals surface area contributed by atoms with Crippen LogP contribution in [0, 0.1) is 0 Å². The van der Waals surface area contributed by atoms with Gasteiger partial charge in [-0.3, -0.25) is 14.7 Å². The van der Waals surface area contributed by atoms with Crippen LogP contribution in [0.1, 0.15) is 33.1 Å². The van der Waals surface area contributed by atoms with Crippen LogP contribution >= 0.6 is 0 Å². The lowest BCUT2D eigenvalue weighted by atomic mass is 10.1. The molecule has 0 aliphatic carbocycles. The molecule has 0 fully saturated rings. The van der Waals surface area contributed by atoms with Gasteiger partial charge in [0, 0.05) is 32.0 Å². The number of nitrogens with zero attached hydrogens (tertiary/aromatic N) is 3. The summed E-state index contributed by atoms with van der Waals surface area (Å²) in [4.78, 5) is 23.4. The summed E-state index contributed by atoms with van der Waals surface area (Å²) in [6.45, 7) is 2.15. The summed E-state index contributed by atoms with van der Waals surface area (Å²) in [5.41, 5.74) is 3.43. The van der Waals surface area contributed by atoms with Crippen molar-refractivity contribution in [3.63, 3.8) is 0 Å². The van der Waals surface area contributed by atoms with Crippen molar-refractivity contribution in [2.45, 2.75) is 26.2 Å². The summed E-state index contributed by atoms with van der Waals surface area (Å²) < 4.78 is 11.7. The number of benzene rings is 3. The second-order valence-electron chi connectivity index (χ2n) is 8.86. The van der Waals surface area contributed by atoms with Gasteiger partial charge in [0.2, 0.25) is 5.89 Å². The molecule has 1 amide bonds. The van der Waals surface area contributed by atoms with Crippen LogP contribution in [0.3, 0.4) is 0 Å². The van der Waals surface area contributed by atoms with E-state index in [1.807, 2.05) is 78.9 Å². The highest BCUT2D eigenvalue weighted by Gasteiger charge is 2.16. The van der Waals surface area contributed by atoms with Gasteiger partial charge in [-0.25, -0.2) is 4.98 Å². The van der Waals surface area contributed by atoms with E-state index in [4.69, 9.17) is 9.15 Å². The number of nitrogens with one attached hydrogen (secondary N) is 1. The minimum absolute atomic E-state index is 0.252. The SMILES string of the molecule is O=C(NCc1cccnc1)c1coc(CN(Cc2ccccc2)Cc2cccc(Oc3ccccc3)c2)n1. The van der Waals surface area contributed by atoms with Gasteiger partial charge in [0.05, 0.1) is 6.54 Å². The van der Waals surface area contributed by atoms with Gasteiger partial charge in [0.25, 0.3) is 5.91 Å². The number of aromatic nitrogens is 2. The third-order valence-corrected chi connectivity index (χ3v) is 5.85. The average molecular weight is 505 g/mol. The molecular formula is C31H28N4O3. The first-order valence-electron chi connectivity index (χ1n) is 12.4. The van der Waals surface area contributed by atoms with Gasteiger partial charge in [-0.05, 0) is 47.0 Å². The Labute approximate surface area is 221 Å². The molecule has 1 N–H and O–H groups in total. The van der Waals surface area contributed by atoms with Crippen molar-refractivity contribution in [2.24, 2.45) is 0 Å². The molecule has 2 heterocycles. The van der Waals surface area contributed by atoms with E-state index >= 15 is 0 Å². The lowest BCUT2D eigenvalue weighted by molar-refractivity contribution is 0.0945. The van der Waals surface area contributed by atoms with E-state index in [2.05, 4.69) is 38.4 Å². The molecule has 0 saturated heterocycles. The molecule has 5 aromatic rings. The quantitative estimate of drug-likeness (QED) is 0.238. The molecule has 0 atom stereocenters. The minimum Gasteiger partial charge on any atom is -0.457 e. The van der Waals surface area contributed by atoms with Crippen molar-refractivity contribution in [1.82, 2.24) is 20.2 Å². The predicted molar refractivity (Wildman–Crippen MR) is 144 cm³/mol. The molecule has 0 bridgehead atoms. The highest BCUT2D eigenvalue weighted by molar-refractivity contribution is 5.91. The fraction of sp³-hybridized carbons (Fsp3) is 0.129. The van der Waals surface area contributed by atoms with E-state index in [-0.39, 0.29) is 11.6 Å². The highest BCUT2D eigenvalue weighted by Crippen LogP contribution is 2.23. The molecule has 38 heavy (non-hydrogen) atoms. The molecule has 7 nitrogen and oxygen atoms in total. The summed E-state index contributed by atoms with van der Waals surface area (Å²) in [5.74, 6) is 1.75. The third-order valence-electron chi connectivity index (χ3n) is 5.85. The summed E-state index contributed by atoms with van der Waals surface area (Å²) in [6, 6.07) is 31.7. The van der Waals surface area contributed by atoms with Gasteiger partial charge in [0.1, 0.15) is 17.8 Å². The molecular weight excluding hydrogens is 476 g/mol. The number of para-hydroxylation sites is 1. The Hall–Kier alpha value is -4.75. The Morgan fingerprint density at radius 3 is 2.29 bits per heavy atom. The van der Waals surface area contributed by atoms with Gasteiger partial charge in [-0.1, -0.05) is 66.7 Å². The van der Waals surface area contributed by atoms with E-state index < -0.39 is 0 Å².